The van der Waals surface area contributed by atoms with Gasteiger partial charge in [0.05, 0.1) is 10.2 Å². The number of nitro groups is 1. The Balaban J connectivity index is 1.95. The standard InChI is InChI=1S/C17H12ClN3O4S/c1-9-15(22)20(11-4-2-10(18)3-5-11)17(26-9)13-8-12(21(24)25)6-7-14(13)19-16(17)23/h2-9H,1H3,(H,19,23)/t9-,17+/m1/s1. The van der Waals surface area contributed by atoms with Gasteiger partial charge in [0.25, 0.3) is 11.6 Å². The van der Waals surface area contributed by atoms with E-state index in [0.29, 0.717) is 22.0 Å². The number of non-ortho nitro benzene ring substituents is 1. The Morgan fingerprint density at radius 3 is 2.58 bits per heavy atom. The molecule has 2 amide bonds. The van der Waals surface area contributed by atoms with Crippen LogP contribution in [0.3, 0.4) is 0 Å². The molecule has 9 heteroatoms. The van der Waals surface area contributed by atoms with Crippen molar-refractivity contribution in [3.8, 4) is 0 Å². The molecule has 26 heavy (non-hydrogen) atoms. The van der Waals surface area contributed by atoms with Crippen molar-refractivity contribution >= 4 is 52.2 Å². The summed E-state index contributed by atoms with van der Waals surface area (Å²) in [5.74, 6) is -0.641. The molecule has 132 valence electrons. The Morgan fingerprint density at radius 1 is 1.23 bits per heavy atom. The number of nitrogens with zero attached hydrogens (tertiary/aromatic N) is 2. The predicted molar refractivity (Wildman–Crippen MR) is 99.4 cm³/mol. The van der Waals surface area contributed by atoms with Gasteiger partial charge in [-0.2, -0.15) is 0 Å². The van der Waals surface area contributed by atoms with Gasteiger partial charge in [-0.25, -0.2) is 0 Å². The van der Waals surface area contributed by atoms with E-state index in [-0.39, 0.29) is 11.6 Å². The molecule has 2 aromatic carbocycles. The SMILES string of the molecule is C[C@H]1S[C@@]2(C(=O)Nc3ccc([N+](=O)[O-])cc32)N(c2ccc(Cl)cc2)C1=O. The number of nitro benzene ring substituents is 1. The van der Waals surface area contributed by atoms with Gasteiger partial charge < -0.3 is 5.32 Å². The van der Waals surface area contributed by atoms with Gasteiger partial charge in [0, 0.05) is 34.1 Å². The zero-order valence-electron chi connectivity index (χ0n) is 13.4. The number of halogens is 1. The van der Waals surface area contributed by atoms with Crippen molar-refractivity contribution in [3.63, 3.8) is 0 Å². The number of thioether (sulfide) groups is 1. The number of benzene rings is 2. The van der Waals surface area contributed by atoms with Crippen molar-refractivity contribution in [2.45, 2.75) is 17.0 Å². The third-order valence-corrected chi connectivity index (χ3v) is 6.19. The maximum absolute atomic E-state index is 13.0. The largest absolute Gasteiger partial charge is 0.323 e. The van der Waals surface area contributed by atoms with Crippen LogP contribution < -0.4 is 10.2 Å². The van der Waals surface area contributed by atoms with Gasteiger partial charge in [0.15, 0.2) is 0 Å². The van der Waals surface area contributed by atoms with E-state index < -0.39 is 21.0 Å². The minimum Gasteiger partial charge on any atom is -0.323 e. The topological polar surface area (TPSA) is 92.5 Å². The molecular weight excluding hydrogens is 378 g/mol. The Kier molecular flexibility index (Phi) is 3.71. The molecule has 0 unspecified atom stereocenters. The second kappa shape index (κ2) is 5.72. The molecule has 2 heterocycles. The quantitative estimate of drug-likeness (QED) is 0.626. The van der Waals surface area contributed by atoms with Crippen molar-refractivity contribution < 1.29 is 14.5 Å². The molecule has 4 rings (SSSR count). The fraction of sp³-hybridized carbons (Fsp3) is 0.176. The van der Waals surface area contributed by atoms with Gasteiger partial charge in [0.1, 0.15) is 0 Å². The Hall–Kier alpha value is -2.58. The highest BCUT2D eigenvalue weighted by atomic mass is 35.5. The number of nitrogens with one attached hydrogen (secondary N) is 1. The number of hydrogen-bond donors (Lipinski definition) is 1. The first kappa shape index (κ1) is 16.9. The molecule has 0 aromatic heterocycles. The first-order chi connectivity index (χ1) is 12.3. The Labute approximate surface area is 157 Å². The Morgan fingerprint density at radius 2 is 1.92 bits per heavy atom. The molecule has 1 N–H and O–H groups in total. The van der Waals surface area contributed by atoms with E-state index in [2.05, 4.69) is 5.32 Å². The summed E-state index contributed by atoms with van der Waals surface area (Å²) >= 11 is 7.11. The molecule has 0 bridgehead atoms. The number of anilines is 2. The molecule has 2 atom stereocenters. The maximum atomic E-state index is 13.0. The minimum absolute atomic E-state index is 0.136. The second-order valence-corrected chi connectivity index (χ2v) is 7.97. The Bertz CT molecular complexity index is 965. The van der Waals surface area contributed by atoms with E-state index in [9.17, 15) is 19.7 Å². The van der Waals surface area contributed by atoms with E-state index in [1.54, 1.807) is 31.2 Å². The van der Waals surface area contributed by atoms with Gasteiger partial charge in [-0.15, -0.1) is 11.8 Å². The van der Waals surface area contributed by atoms with Crippen LogP contribution in [0.4, 0.5) is 17.1 Å². The predicted octanol–water partition coefficient (Wildman–Crippen LogP) is 3.52. The smallest absolute Gasteiger partial charge is 0.269 e. The van der Waals surface area contributed by atoms with Crippen LogP contribution in [0.2, 0.25) is 5.02 Å². The molecule has 7 nitrogen and oxygen atoms in total. The van der Waals surface area contributed by atoms with Crippen LogP contribution in [0.15, 0.2) is 42.5 Å². The highest BCUT2D eigenvalue weighted by molar-refractivity contribution is 8.03. The average Bonchev–Trinajstić information content (AvgIpc) is 3.03. The summed E-state index contributed by atoms with van der Waals surface area (Å²) in [5.41, 5.74) is 1.25. The molecule has 0 aliphatic carbocycles. The normalized spacial score (nSPS) is 24.1. The fourth-order valence-corrected chi connectivity index (χ4v) is 4.90. The zero-order chi connectivity index (χ0) is 18.6. The van der Waals surface area contributed by atoms with Crippen LogP contribution in [0.1, 0.15) is 12.5 Å². The number of carbonyl (C=O) groups excluding carboxylic acids is 2. The highest BCUT2D eigenvalue weighted by Crippen LogP contribution is 2.56. The minimum atomic E-state index is -1.38. The number of carbonyl (C=O) groups is 2. The van der Waals surface area contributed by atoms with E-state index in [1.165, 1.54) is 34.9 Å². The van der Waals surface area contributed by atoms with Gasteiger partial charge in [-0.1, -0.05) is 11.6 Å². The lowest BCUT2D eigenvalue weighted by molar-refractivity contribution is -0.384. The van der Waals surface area contributed by atoms with Gasteiger partial charge in [-0.3, -0.25) is 24.6 Å². The van der Waals surface area contributed by atoms with E-state index in [4.69, 9.17) is 11.6 Å². The average molecular weight is 390 g/mol. The summed E-state index contributed by atoms with van der Waals surface area (Å²) in [6.07, 6.45) is 0. The van der Waals surface area contributed by atoms with E-state index >= 15 is 0 Å². The van der Waals surface area contributed by atoms with Crippen molar-refractivity contribution in [1.82, 2.24) is 0 Å². The zero-order valence-corrected chi connectivity index (χ0v) is 15.0. The monoisotopic (exact) mass is 389 g/mol. The molecule has 1 saturated heterocycles. The summed E-state index contributed by atoms with van der Waals surface area (Å²) in [5, 5.41) is 14.0. The molecule has 0 radical (unpaired) electrons. The van der Waals surface area contributed by atoms with Crippen LogP contribution >= 0.6 is 23.4 Å². The first-order valence-electron chi connectivity index (χ1n) is 7.72. The summed E-state index contributed by atoms with van der Waals surface area (Å²) in [4.78, 5) is 36.5. The summed E-state index contributed by atoms with van der Waals surface area (Å²) in [6.45, 7) is 1.72. The van der Waals surface area contributed by atoms with E-state index in [1.807, 2.05) is 0 Å². The lowest BCUT2D eigenvalue weighted by atomic mass is 10.0. The number of amides is 2. The number of fused-ring (bicyclic) bond motifs is 2. The van der Waals surface area contributed by atoms with Crippen LogP contribution in [-0.4, -0.2) is 22.0 Å². The first-order valence-corrected chi connectivity index (χ1v) is 8.98. The lowest BCUT2D eigenvalue weighted by Crippen LogP contribution is -2.47. The fourth-order valence-electron chi connectivity index (χ4n) is 3.30. The summed E-state index contributed by atoms with van der Waals surface area (Å²) in [7, 11) is 0. The van der Waals surface area contributed by atoms with Gasteiger partial charge in [0.2, 0.25) is 10.8 Å². The van der Waals surface area contributed by atoms with Crippen molar-refractivity contribution in [2.75, 3.05) is 10.2 Å². The third-order valence-electron chi connectivity index (χ3n) is 4.45. The highest BCUT2D eigenvalue weighted by Gasteiger charge is 2.61. The number of hydrogen-bond acceptors (Lipinski definition) is 5. The molecule has 2 aliphatic rings. The summed E-state index contributed by atoms with van der Waals surface area (Å²) < 4.78 is 0. The third kappa shape index (κ3) is 2.22. The van der Waals surface area contributed by atoms with Gasteiger partial charge >= 0.3 is 0 Å². The van der Waals surface area contributed by atoms with Crippen LogP contribution in [0.5, 0.6) is 0 Å². The van der Waals surface area contributed by atoms with Crippen molar-refractivity contribution in [2.24, 2.45) is 0 Å². The molecule has 2 aliphatic heterocycles. The van der Waals surface area contributed by atoms with Crippen LogP contribution in [0.25, 0.3) is 0 Å². The molecule has 2 aromatic rings. The molecular formula is C17H12ClN3O4S. The van der Waals surface area contributed by atoms with Crippen molar-refractivity contribution in [3.05, 3.63) is 63.2 Å². The van der Waals surface area contributed by atoms with Gasteiger partial charge in [-0.05, 0) is 37.3 Å². The molecule has 1 spiro atoms. The molecule has 1 fully saturated rings. The second-order valence-electron chi connectivity index (χ2n) is 6.00. The van der Waals surface area contributed by atoms with Crippen LogP contribution in [0, 0.1) is 10.1 Å². The lowest BCUT2D eigenvalue weighted by Gasteiger charge is -2.32. The van der Waals surface area contributed by atoms with Crippen LogP contribution in [-0.2, 0) is 14.5 Å². The molecule has 0 saturated carbocycles. The van der Waals surface area contributed by atoms with E-state index in [0.717, 1.165) is 0 Å². The summed E-state index contributed by atoms with van der Waals surface area (Å²) in [6, 6.07) is 10.8. The maximum Gasteiger partial charge on any atom is 0.269 e. The van der Waals surface area contributed by atoms with Crippen molar-refractivity contribution in [1.29, 1.82) is 0 Å². The number of rotatable bonds is 2.